The first kappa shape index (κ1) is 22.6. The van der Waals surface area contributed by atoms with Crippen molar-refractivity contribution >= 4 is 23.4 Å². The first-order chi connectivity index (χ1) is 13.5. The Morgan fingerprint density at radius 2 is 1.83 bits per heavy atom. The Morgan fingerprint density at radius 3 is 2.34 bits per heavy atom. The van der Waals surface area contributed by atoms with E-state index in [1.807, 2.05) is 0 Å². The number of benzene rings is 1. The molecule has 2 atom stereocenters. The van der Waals surface area contributed by atoms with Gasteiger partial charge in [0.05, 0.1) is 12.2 Å². The Hall–Kier alpha value is -2.68. The standard InChI is InChI=1S/C19H19ClF3NO5/c1-3-27-17(26)10-16(25)12(2)28-14-4-6-15(7-5-14)29-18(20)9-8-13(11-24-18)19(21,22)23/h4-9,11-12,24H,3,10H2,1-2H3. The van der Waals surface area contributed by atoms with Crippen molar-refractivity contribution in [2.45, 2.75) is 37.7 Å². The summed E-state index contributed by atoms with van der Waals surface area (Å²) in [6, 6.07) is 5.93. The zero-order valence-electron chi connectivity index (χ0n) is 15.6. The number of Topliss-reactive ketones (excluding diaryl/α,β-unsaturated/α-hetero) is 1. The van der Waals surface area contributed by atoms with Crippen LogP contribution in [0.3, 0.4) is 0 Å². The fraction of sp³-hybridized carbons (Fsp3) is 0.368. The molecule has 158 valence electrons. The third kappa shape index (κ3) is 6.70. The number of dihydropyridines is 1. The summed E-state index contributed by atoms with van der Waals surface area (Å²) in [4.78, 5) is 23.3. The van der Waals surface area contributed by atoms with E-state index in [4.69, 9.17) is 25.8 Å². The zero-order chi connectivity index (χ0) is 21.7. The first-order valence-electron chi connectivity index (χ1n) is 8.59. The van der Waals surface area contributed by atoms with Crippen LogP contribution in [0.2, 0.25) is 0 Å². The lowest BCUT2D eigenvalue weighted by Gasteiger charge is -2.28. The van der Waals surface area contributed by atoms with Crippen molar-refractivity contribution in [3.05, 3.63) is 48.2 Å². The number of esters is 1. The van der Waals surface area contributed by atoms with Gasteiger partial charge >= 0.3 is 12.1 Å². The molecule has 1 aliphatic rings. The summed E-state index contributed by atoms with van der Waals surface area (Å²) < 4.78 is 53.5. The second-order valence-electron chi connectivity index (χ2n) is 6.00. The van der Waals surface area contributed by atoms with E-state index >= 15 is 0 Å². The predicted molar refractivity (Wildman–Crippen MR) is 98.4 cm³/mol. The largest absolute Gasteiger partial charge is 0.483 e. The summed E-state index contributed by atoms with van der Waals surface area (Å²) in [7, 11) is 0. The van der Waals surface area contributed by atoms with Gasteiger partial charge in [0.1, 0.15) is 17.9 Å². The fourth-order valence-corrected chi connectivity index (χ4v) is 2.44. The number of alkyl halides is 4. The molecule has 0 spiro atoms. The smallest absolute Gasteiger partial charge is 0.417 e. The number of carbonyl (C=O) groups excluding carboxylic acids is 2. The minimum Gasteiger partial charge on any atom is -0.483 e. The molecule has 0 fully saturated rings. The second-order valence-corrected chi connectivity index (χ2v) is 6.56. The van der Waals surface area contributed by atoms with Crippen molar-refractivity contribution in [1.82, 2.24) is 5.32 Å². The Morgan fingerprint density at radius 1 is 1.21 bits per heavy atom. The monoisotopic (exact) mass is 433 g/mol. The zero-order valence-corrected chi connectivity index (χ0v) is 16.3. The highest BCUT2D eigenvalue weighted by atomic mass is 35.5. The van der Waals surface area contributed by atoms with Crippen LogP contribution in [0, 0.1) is 0 Å². The molecule has 1 aromatic carbocycles. The lowest BCUT2D eigenvalue weighted by molar-refractivity contribution is -0.146. The lowest BCUT2D eigenvalue weighted by Crippen LogP contribution is -2.42. The topological polar surface area (TPSA) is 73.9 Å². The number of nitrogens with one attached hydrogen (secondary N) is 1. The van der Waals surface area contributed by atoms with Gasteiger partial charge in [-0.3, -0.25) is 9.59 Å². The number of halogens is 4. The van der Waals surface area contributed by atoms with Crippen molar-refractivity contribution in [2.24, 2.45) is 0 Å². The van der Waals surface area contributed by atoms with Crippen molar-refractivity contribution in [1.29, 1.82) is 0 Å². The van der Waals surface area contributed by atoms with E-state index in [1.54, 1.807) is 6.92 Å². The van der Waals surface area contributed by atoms with Gasteiger partial charge in [0.25, 0.3) is 5.18 Å². The van der Waals surface area contributed by atoms with E-state index in [0.29, 0.717) is 5.75 Å². The Kier molecular flexibility index (Phi) is 7.18. The van der Waals surface area contributed by atoms with Crippen LogP contribution in [-0.2, 0) is 14.3 Å². The van der Waals surface area contributed by atoms with Crippen LogP contribution in [0.25, 0.3) is 0 Å². The summed E-state index contributed by atoms with van der Waals surface area (Å²) in [5.41, 5.74) is -0.886. The van der Waals surface area contributed by atoms with Crippen LogP contribution in [0.5, 0.6) is 11.5 Å². The van der Waals surface area contributed by atoms with Crippen molar-refractivity contribution in [3.8, 4) is 11.5 Å². The molecule has 0 saturated carbocycles. The molecule has 0 radical (unpaired) electrons. The minimum atomic E-state index is -4.50. The Labute approximate surface area is 170 Å². The molecule has 0 aromatic heterocycles. The minimum absolute atomic E-state index is 0.183. The summed E-state index contributed by atoms with van der Waals surface area (Å²) in [5.74, 6) is -0.483. The summed E-state index contributed by atoms with van der Waals surface area (Å²) in [6.45, 7) is 3.32. The average Bonchev–Trinajstić information content (AvgIpc) is 2.62. The van der Waals surface area contributed by atoms with Gasteiger partial charge in [-0.2, -0.15) is 13.2 Å². The number of hydrogen-bond acceptors (Lipinski definition) is 6. The van der Waals surface area contributed by atoms with Gasteiger partial charge in [-0.1, -0.05) is 0 Å². The van der Waals surface area contributed by atoms with E-state index in [1.165, 1.54) is 31.2 Å². The van der Waals surface area contributed by atoms with Crippen molar-refractivity contribution in [2.75, 3.05) is 6.61 Å². The van der Waals surface area contributed by atoms with Crippen LogP contribution >= 0.6 is 11.6 Å². The van der Waals surface area contributed by atoms with Gasteiger partial charge in [-0.05, 0) is 61.9 Å². The number of ketones is 1. The van der Waals surface area contributed by atoms with Gasteiger partial charge in [0, 0.05) is 6.20 Å². The maximum atomic E-state index is 12.6. The van der Waals surface area contributed by atoms with Crippen LogP contribution in [0.1, 0.15) is 20.3 Å². The molecule has 0 amide bonds. The van der Waals surface area contributed by atoms with Crippen LogP contribution in [0.4, 0.5) is 13.2 Å². The molecule has 2 unspecified atom stereocenters. The molecule has 1 heterocycles. The summed E-state index contributed by atoms with van der Waals surface area (Å²) in [5, 5.41) is 0.665. The quantitative estimate of drug-likeness (QED) is 0.290. The highest BCUT2D eigenvalue weighted by Crippen LogP contribution is 2.32. The number of ether oxygens (including phenoxy) is 3. The third-order valence-electron chi connectivity index (χ3n) is 3.71. The summed E-state index contributed by atoms with van der Waals surface area (Å²) >= 11 is 6.11. The molecular weight excluding hydrogens is 415 g/mol. The molecule has 0 aliphatic carbocycles. The molecule has 2 rings (SSSR count). The Bertz CT molecular complexity index is 807. The first-order valence-corrected chi connectivity index (χ1v) is 8.97. The average molecular weight is 434 g/mol. The van der Waals surface area contributed by atoms with Gasteiger partial charge in [0.15, 0.2) is 11.9 Å². The highest BCUT2D eigenvalue weighted by Gasteiger charge is 2.37. The van der Waals surface area contributed by atoms with E-state index in [9.17, 15) is 22.8 Å². The van der Waals surface area contributed by atoms with Crippen LogP contribution in [-0.4, -0.2) is 35.8 Å². The SMILES string of the molecule is CCOC(=O)CC(=O)C(C)Oc1ccc(OC2(Cl)C=CC(C(F)(F)F)=CN2)cc1. The summed E-state index contributed by atoms with van der Waals surface area (Å²) in [6.07, 6.45) is -3.19. The van der Waals surface area contributed by atoms with Crippen molar-refractivity contribution in [3.63, 3.8) is 0 Å². The third-order valence-corrected chi connectivity index (χ3v) is 4.02. The molecular formula is C19H19ClF3NO5. The molecule has 1 N–H and O–H groups in total. The molecule has 29 heavy (non-hydrogen) atoms. The fourth-order valence-electron chi connectivity index (χ4n) is 2.23. The van der Waals surface area contributed by atoms with E-state index in [2.05, 4.69) is 5.32 Å². The maximum Gasteiger partial charge on any atom is 0.417 e. The van der Waals surface area contributed by atoms with Gasteiger partial charge < -0.3 is 19.5 Å². The molecule has 0 bridgehead atoms. The van der Waals surface area contributed by atoms with Gasteiger partial charge in [-0.15, -0.1) is 0 Å². The molecule has 6 nitrogen and oxygen atoms in total. The second kappa shape index (κ2) is 9.21. The van der Waals surface area contributed by atoms with Crippen molar-refractivity contribution < 1.29 is 37.0 Å². The van der Waals surface area contributed by atoms with Gasteiger partial charge in [0.2, 0.25) is 0 Å². The normalized spacial score (nSPS) is 19.6. The number of allylic oxidation sites excluding steroid dienone is 2. The molecule has 10 heteroatoms. The lowest BCUT2D eigenvalue weighted by atomic mass is 10.2. The van der Waals surface area contributed by atoms with Crippen LogP contribution in [0.15, 0.2) is 48.2 Å². The number of rotatable bonds is 8. The molecule has 0 saturated heterocycles. The molecule has 1 aromatic rings. The van der Waals surface area contributed by atoms with E-state index < -0.39 is 41.2 Å². The molecule has 1 aliphatic heterocycles. The number of carbonyl (C=O) groups is 2. The Balaban J connectivity index is 1.92. The maximum absolute atomic E-state index is 12.6. The van der Waals surface area contributed by atoms with Crippen LogP contribution < -0.4 is 14.8 Å². The van der Waals surface area contributed by atoms with E-state index in [0.717, 1.165) is 18.4 Å². The number of hydrogen-bond donors (Lipinski definition) is 1. The van der Waals surface area contributed by atoms with E-state index in [-0.39, 0.29) is 12.4 Å². The highest BCUT2D eigenvalue weighted by molar-refractivity contribution is 6.24. The predicted octanol–water partition coefficient (Wildman–Crippen LogP) is 3.85. The van der Waals surface area contributed by atoms with Gasteiger partial charge in [-0.25, -0.2) is 0 Å².